The first-order valence-corrected chi connectivity index (χ1v) is 8.86. The van der Waals surface area contributed by atoms with Crippen molar-refractivity contribution in [1.82, 2.24) is 4.90 Å². The molecule has 8 nitrogen and oxygen atoms in total. The molecule has 27 heavy (non-hydrogen) atoms. The van der Waals surface area contributed by atoms with Crippen molar-refractivity contribution in [2.45, 2.75) is 32.7 Å². The van der Waals surface area contributed by atoms with E-state index in [1.54, 1.807) is 13.0 Å². The first-order valence-electron chi connectivity index (χ1n) is 8.48. The highest BCUT2D eigenvalue weighted by molar-refractivity contribution is 6.30. The number of benzene rings is 1. The lowest BCUT2D eigenvalue weighted by Gasteiger charge is -2.22. The summed E-state index contributed by atoms with van der Waals surface area (Å²) in [6, 6.07) is 3.27. The first kappa shape index (κ1) is 19.0. The van der Waals surface area contributed by atoms with Gasteiger partial charge in [-0.3, -0.25) is 29.4 Å². The van der Waals surface area contributed by atoms with Crippen molar-refractivity contribution in [3.05, 3.63) is 45.0 Å². The van der Waals surface area contributed by atoms with E-state index < -0.39 is 34.6 Å². The predicted molar refractivity (Wildman–Crippen MR) is 97.9 cm³/mol. The van der Waals surface area contributed by atoms with E-state index in [9.17, 15) is 24.5 Å². The number of hydrogen-bond acceptors (Lipinski definition) is 5. The van der Waals surface area contributed by atoms with E-state index in [-0.39, 0.29) is 17.3 Å². The van der Waals surface area contributed by atoms with Gasteiger partial charge in [0.2, 0.25) is 17.7 Å². The minimum absolute atomic E-state index is 0.125. The quantitative estimate of drug-likeness (QED) is 0.482. The molecule has 1 aromatic rings. The summed E-state index contributed by atoms with van der Waals surface area (Å²) in [7, 11) is 0. The van der Waals surface area contributed by atoms with Crippen LogP contribution in [0.1, 0.15) is 25.3 Å². The van der Waals surface area contributed by atoms with Crippen LogP contribution >= 0.6 is 11.6 Å². The number of halogens is 1. The second-order valence-electron chi connectivity index (χ2n) is 6.77. The number of rotatable bonds is 4. The minimum atomic E-state index is -1.03. The number of amides is 3. The molecule has 1 aliphatic carbocycles. The Bertz CT molecular complexity index is 882. The summed E-state index contributed by atoms with van der Waals surface area (Å²) in [4.78, 5) is 49.3. The van der Waals surface area contributed by atoms with Crippen LogP contribution in [0.5, 0.6) is 0 Å². The molecule has 0 unspecified atom stereocenters. The largest absolute Gasteiger partial charge is 0.324 e. The van der Waals surface area contributed by atoms with Gasteiger partial charge >= 0.3 is 0 Å². The first-order chi connectivity index (χ1) is 12.7. The van der Waals surface area contributed by atoms with Crippen LogP contribution in [0.4, 0.5) is 11.4 Å². The molecule has 0 radical (unpaired) electrons. The Labute approximate surface area is 160 Å². The standard InChI is InChI=1S/C18H18ClN3O5/c1-9-3-5-12(8-15(9)22(26)27)20-16(23)10(2)21-17(24)13-6-4-11(19)7-14(13)18(21)25/h3-5,8,10,13-14H,6-7H2,1-2H3,(H,20,23)/t10-,13+,14-/m0/s1. The maximum absolute atomic E-state index is 12.6. The lowest BCUT2D eigenvalue weighted by molar-refractivity contribution is -0.385. The summed E-state index contributed by atoms with van der Waals surface area (Å²) < 4.78 is 0. The maximum atomic E-state index is 12.6. The van der Waals surface area contributed by atoms with Crippen LogP contribution in [0.15, 0.2) is 29.3 Å². The number of fused-ring (bicyclic) bond motifs is 1. The molecule has 1 heterocycles. The SMILES string of the molecule is Cc1ccc(NC(=O)[C@H](C)N2C(=O)[C@H]3CC(Cl)=CC[C@H]3C2=O)cc1[N+](=O)[O-]. The van der Waals surface area contributed by atoms with Gasteiger partial charge < -0.3 is 5.32 Å². The molecular formula is C18H18ClN3O5. The van der Waals surface area contributed by atoms with Gasteiger partial charge in [0.05, 0.1) is 16.8 Å². The number of nitrogens with one attached hydrogen (secondary N) is 1. The second kappa shape index (κ2) is 7.11. The molecule has 0 aromatic heterocycles. The van der Waals surface area contributed by atoms with E-state index in [0.717, 1.165) is 4.90 Å². The van der Waals surface area contributed by atoms with E-state index in [0.29, 0.717) is 23.4 Å². The van der Waals surface area contributed by atoms with Gasteiger partial charge in [-0.25, -0.2) is 0 Å². The summed E-state index contributed by atoms with van der Waals surface area (Å²) >= 11 is 5.99. The van der Waals surface area contributed by atoms with Crippen LogP contribution in [-0.4, -0.2) is 33.6 Å². The van der Waals surface area contributed by atoms with Crippen LogP contribution in [0.3, 0.4) is 0 Å². The molecule has 3 amide bonds. The number of aryl methyl sites for hydroxylation is 1. The van der Waals surface area contributed by atoms with Gasteiger partial charge in [0.25, 0.3) is 5.69 Å². The number of nitrogens with zero attached hydrogens (tertiary/aromatic N) is 2. The Balaban J connectivity index is 1.76. The minimum Gasteiger partial charge on any atom is -0.324 e. The number of nitro benzene ring substituents is 1. The van der Waals surface area contributed by atoms with Gasteiger partial charge in [0, 0.05) is 22.3 Å². The van der Waals surface area contributed by atoms with Crippen LogP contribution in [0, 0.1) is 28.9 Å². The number of hydrogen-bond donors (Lipinski definition) is 1. The van der Waals surface area contributed by atoms with Crippen molar-refractivity contribution in [2.75, 3.05) is 5.32 Å². The van der Waals surface area contributed by atoms with Crippen molar-refractivity contribution in [2.24, 2.45) is 11.8 Å². The Kier molecular flexibility index (Phi) is 5.01. The lowest BCUT2D eigenvalue weighted by Crippen LogP contribution is -2.46. The summed E-state index contributed by atoms with van der Waals surface area (Å²) in [6.07, 6.45) is 2.41. The third-order valence-corrected chi connectivity index (χ3v) is 5.35. The topological polar surface area (TPSA) is 110 Å². The second-order valence-corrected chi connectivity index (χ2v) is 7.26. The fraction of sp³-hybridized carbons (Fsp3) is 0.389. The van der Waals surface area contributed by atoms with Crippen LogP contribution in [0.25, 0.3) is 0 Å². The average molecular weight is 392 g/mol. The van der Waals surface area contributed by atoms with Gasteiger partial charge in [0.15, 0.2) is 0 Å². The molecule has 1 fully saturated rings. The highest BCUT2D eigenvalue weighted by Crippen LogP contribution is 2.39. The molecule has 3 atom stereocenters. The maximum Gasteiger partial charge on any atom is 0.274 e. The van der Waals surface area contributed by atoms with E-state index in [1.807, 2.05) is 0 Å². The van der Waals surface area contributed by atoms with E-state index in [1.165, 1.54) is 25.1 Å². The summed E-state index contributed by atoms with van der Waals surface area (Å²) in [5, 5.41) is 14.1. The van der Waals surface area contributed by atoms with E-state index >= 15 is 0 Å². The van der Waals surface area contributed by atoms with Crippen molar-refractivity contribution >= 4 is 40.7 Å². The van der Waals surface area contributed by atoms with Crippen molar-refractivity contribution in [3.63, 3.8) is 0 Å². The average Bonchev–Trinajstić information content (AvgIpc) is 2.86. The zero-order valence-corrected chi connectivity index (χ0v) is 15.5. The third kappa shape index (κ3) is 3.44. The van der Waals surface area contributed by atoms with E-state index in [2.05, 4.69) is 5.32 Å². The Morgan fingerprint density at radius 2 is 2.00 bits per heavy atom. The van der Waals surface area contributed by atoms with Gasteiger partial charge in [-0.2, -0.15) is 0 Å². The monoisotopic (exact) mass is 391 g/mol. The molecule has 0 spiro atoms. The Morgan fingerprint density at radius 3 is 2.67 bits per heavy atom. The number of anilines is 1. The number of likely N-dealkylation sites (tertiary alicyclic amines) is 1. The number of allylic oxidation sites excluding steroid dienone is 2. The molecule has 1 aliphatic heterocycles. The van der Waals surface area contributed by atoms with Crippen LogP contribution in [0.2, 0.25) is 0 Å². The fourth-order valence-electron chi connectivity index (χ4n) is 3.48. The zero-order chi connectivity index (χ0) is 19.9. The molecule has 2 aliphatic rings. The summed E-state index contributed by atoms with van der Waals surface area (Å²) in [5.41, 5.74) is 0.565. The molecular weight excluding hydrogens is 374 g/mol. The highest BCUT2D eigenvalue weighted by Gasteiger charge is 2.51. The lowest BCUT2D eigenvalue weighted by atomic mass is 9.85. The smallest absolute Gasteiger partial charge is 0.274 e. The molecule has 1 saturated heterocycles. The van der Waals surface area contributed by atoms with Crippen LogP contribution in [-0.2, 0) is 14.4 Å². The van der Waals surface area contributed by atoms with E-state index in [4.69, 9.17) is 11.6 Å². The summed E-state index contributed by atoms with van der Waals surface area (Å²) in [6.45, 7) is 3.05. The van der Waals surface area contributed by atoms with Crippen molar-refractivity contribution in [3.8, 4) is 0 Å². The zero-order valence-electron chi connectivity index (χ0n) is 14.8. The summed E-state index contributed by atoms with van der Waals surface area (Å²) in [5.74, 6) is -2.41. The van der Waals surface area contributed by atoms with Crippen LogP contribution < -0.4 is 5.32 Å². The van der Waals surface area contributed by atoms with Crippen molar-refractivity contribution in [1.29, 1.82) is 0 Å². The molecule has 142 valence electrons. The molecule has 9 heteroatoms. The normalized spacial score (nSPS) is 22.9. The molecule has 0 bridgehead atoms. The van der Waals surface area contributed by atoms with Crippen molar-refractivity contribution < 1.29 is 19.3 Å². The number of carbonyl (C=O) groups is 3. The highest BCUT2D eigenvalue weighted by atomic mass is 35.5. The van der Waals surface area contributed by atoms with Gasteiger partial charge in [0.1, 0.15) is 6.04 Å². The fourth-order valence-corrected chi connectivity index (χ4v) is 3.74. The number of carbonyl (C=O) groups excluding carboxylic acids is 3. The third-order valence-electron chi connectivity index (χ3n) is 5.04. The molecule has 1 N–H and O–H groups in total. The van der Waals surface area contributed by atoms with Gasteiger partial charge in [-0.1, -0.05) is 23.7 Å². The van der Waals surface area contributed by atoms with Gasteiger partial charge in [-0.05, 0) is 32.8 Å². The Morgan fingerprint density at radius 1 is 1.33 bits per heavy atom. The predicted octanol–water partition coefficient (Wildman–Crippen LogP) is 2.75. The van der Waals surface area contributed by atoms with Gasteiger partial charge in [-0.15, -0.1) is 0 Å². The molecule has 0 saturated carbocycles. The Hall–Kier alpha value is -2.74. The molecule has 3 rings (SSSR count). The number of nitro groups is 1. The number of imide groups is 1. The molecule has 1 aromatic carbocycles.